The van der Waals surface area contributed by atoms with Gasteiger partial charge in [-0.05, 0) is 67.4 Å². The topological polar surface area (TPSA) is 101 Å². The maximum absolute atomic E-state index is 13.5. The molecule has 1 aliphatic rings. The van der Waals surface area contributed by atoms with Crippen LogP contribution in [0.1, 0.15) is 24.3 Å². The molecule has 0 aliphatic carbocycles. The lowest BCUT2D eigenvalue weighted by Gasteiger charge is -2.22. The van der Waals surface area contributed by atoms with Gasteiger partial charge < -0.3 is 15.0 Å². The van der Waals surface area contributed by atoms with Gasteiger partial charge in [0, 0.05) is 37.3 Å². The van der Waals surface area contributed by atoms with E-state index in [4.69, 9.17) is 4.74 Å². The molecule has 1 fully saturated rings. The number of hydrogen-bond donors (Lipinski definition) is 2. The number of carbonyl (C=O) groups excluding carboxylic acids is 1. The number of sulfonamides is 1. The first-order valence-electron chi connectivity index (χ1n) is 12.1. The zero-order valence-electron chi connectivity index (χ0n) is 20.4. The van der Waals surface area contributed by atoms with Gasteiger partial charge in [-0.25, -0.2) is 13.4 Å². The Labute approximate surface area is 220 Å². The van der Waals surface area contributed by atoms with Crippen LogP contribution in [0.2, 0.25) is 0 Å². The molecule has 0 saturated carbocycles. The number of ether oxygens (including phenoxy) is 1. The summed E-state index contributed by atoms with van der Waals surface area (Å²) in [5, 5.41) is 3.76. The summed E-state index contributed by atoms with van der Waals surface area (Å²) >= 11 is 1.58. The highest BCUT2D eigenvalue weighted by Gasteiger charge is 2.25. The van der Waals surface area contributed by atoms with Crippen molar-refractivity contribution in [3.05, 3.63) is 71.7 Å². The standard InChI is InChI=1S/C27H28N4O4S2/c1-35-21-11-8-19(9-12-21)30-37(33,34)25-18-20(10-13-23(25)31-16-4-5-17-31)28-26(32)14-15-27-29-22-6-2-3-7-24(22)36-27/h2-3,6-13,18,30H,4-5,14-17H2,1H3,(H,28,32). The Hall–Kier alpha value is -3.63. The molecule has 0 unspecified atom stereocenters. The first-order chi connectivity index (χ1) is 17.9. The number of amides is 1. The molecule has 3 aromatic carbocycles. The Morgan fingerprint density at radius 2 is 1.76 bits per heavy atom. The van der Waals surface area contributed by atoms with Crippen molar-refractivity contribution < 1.29 is 17.9 Å². The first-order valence-corrected chi connectivity index (χ1v) is 14.4. The molecular formula is C27H28N4O4S2. The van der Waals surface area contributed by atoms with Crippen molar-refractivity contribution in [1.29, 1.82) is 0 Å². The zero-order valence-corrected chi connectivity index (χ0v) is 22.1. The fraction of sp³-hybridized carbons (Fsp3) is 0.259. The molecule has 0 bridgehead atoms. The number of nitrogens with zero attached hydrogens (tertiary/aromatic N) is 2. The molecule has 0 radical (unpaired) electrons. The predicted octanol–water partition coefficient (Wildman–Crippen LogP) is 5.28. The number of methoxy groups -OCH3 is 1. The van der Waals surface area contributed by atoms with E-state index in [-0.39, 0.29) is 17.2 Å². The third-order valence-electron chi connectivity index (χ3n) is 6.23. The van der Waals surface area contributed by atoms with Gasteiger partial charge in [-0.2, -0.15) is 0 Å². The van der Waals surface area contributed by atoms with E-state index in [0.717, 1.165) is 41.2 Å². The summed E-state index contributed by atoms with van der Waals surface area (Å²) in [5.74, 6) is 0.441. The van der Waals surface area contributed by atoms with Gasteiger partial charge in [0.15, 0.2) is 0 Å². The van der Waals surface area contributed by atoms with E-state index in [1.165, 1.54) is 6.07 Å². The maximum atomic E-state index is 13.5. The summed E-state index contributed by atoms with van der Waals surface area (Å²) < 4.78 is 35.9. The lowest BCUT2D eigenvalue weighted by Crippen LogP contribution is -2.23. The lowest BCUT2D eigenvalue weighted by molar-refractivity contribution is -0.116. The highest BCUT2D eigenvalue weighted by Crippen LogP contribution is 2.32. The Bertz CT molecular complexity index is 1480. The number of hydrogen-bond acceptors (Lipinski definition) is 7. The highest BCUT2D eigenvalue weighted by molar-refractivity contribution is 7.92. The Morgan fingerprint density at radius 3 is 2.49 bits per heavy atom. The quantitative estimate of drug-likeness (QED) is 0.302. The van der Waals surface area contributed by atoms with Crippen LogP contribution in [0.25, 0.3) is 10.2 Å². The van der Waals surface area contributed by atoms with Gasteiger partial charge in [0.05, 0.1) is 28.0 Å². The second-order valence-corrected chi connectivity index (χ2v) is 11.6. The van der Waals surface area contributed by atoms with Crippen molar-refractivity contribution in [2.75, 3.05) is 35.1 Å². The fourth-order valence-corrected chi connectivity index (χ4v) is 6.64. The zero-order chi connectivity index (χ0) is 25.8. The smallest absolute Gasteiger partial charge is 0.264 e. The molecule has 192 valence electrons. The third kappa shape index (κ3) is 5.86. The summed E-state index contributed by atoms with van der Waals surface area (Å²) in [4.78, 5) is 19.5. The maximum Gasteiger partial charge on any atom is 0.264 e. The van der Waals surface area contributed by atoms with Crippen LogP contribution in [-0.2, 0) is 21.2 Å². The second-order valence-electron chi connectivity index (χ2n) is 8.83. The van der Waals surface area contributed by atoms with Gasteiger partial charge in [-0.15, -0.1) is 11.3 Å². The van der Waals surface area contributed by atoms with Crippen molar-refractivity contribution in [2.24, 2.45) is 0 Å². The average Bonchev–Trinajstić information content (AvgIpc) is 3.58. The van der Waals surface area contributed by atoms with Gasteiger partial charge in [0.1, 0.15) is 10.6 Å². The lowest BCUT2D eigenvalue weighted by atomic mass is 10.2. The van der Waals surface area contributed by atoms with Gasteiger partial charge >= 0.3 is 0 Å². The minimum absolute atomic E-state index is 0.134. The van der Waals surface area contributed by atoms with Crippen molar-refractivity contribution in [3.8, 4) is 5.75 Å². The van der Waals surface area contributed by atoms with E-state index in [0.29, 0.717) is 29.2 Å². The summed E-state index contributed by atoms with van der Waals surface area (Å²) in [6.07, 6.45) is 2.78. The number of aromatic nitrogens is 1. The fourth-order valence-electron chi connectivity index (χ4n) is 4.37. The van der Waals surface area contributed by atoms with E-state index in [1.807, 2.05) is 24.3 Å². The highest BCUT2D eigenvalue weighted by atomic mass is 32.2. The predicted molar refractivity (Wildman–Crippen MR) is 148 cm³/mol. The molecule has 37 heavy (non-hydrogen) atoms. The van der Waals surface area contributed by atoms with Crippen molar-refractivity contribution in [1.82, 2.24) is 4.98 Å². The minimum Gasteiger partial charge on any atom is -0.497 e. The Kier molecular flexibility index (Phi) is 7.29. The molecule has 2 N–H and O–H groups in total. The second kappa shape index (κ2) is 10.8. The molecule has 0 spiro atoms. The van der Waals surface area contributed by atoms with E-state index >= 15 is 0 Å². The summed E-state index contributed by atoms with van der Waals surface area (Å²) in [7, 11) is -2.37. The van der Waals surface area contributed by atoms with Crippen LogP contribution in [0.4, 0.5) is 17.1 Å². The Morgan fingerprint density at radius 1 is 1.03 bits per heavy atom. The van der Waals surface area contributed by atoms with Gasteiger partial charge in [0.25, 0.3) is 10.0 Å². The van der Waals surface area contributed by atoms with E-state index in [9.17, 15) is 13.2 Å². The third-order valence-corrected chi connectivity index (χ3v) is 8.73. The molecule has 0 atom stereocenters. The number of benzene rings is 3. The van der Waals surface area contributed by atoms with Crippen LogP contribution in [-0.4, -0.2) is 39.5 Å². The number of anilines is 3. The molecule has 4 aromatic rings. The normalized spacial score (nSPS) is 13.6. The number of rotatable bonds is 9. The van der Waals surface area contributed by atoms with Gasteiger partial charge in [0.2, 0.25) is 5.91 Å². The number of para-hydroxylation sites is 1. The molecule has 1 aromatic heterocycles. The molecule has 1 amide bonds. The van der Waals surface area contributed by atoms with Gasteiger partial charge in [-0.1, -0.05) is 12.1 Å². The van der Waals surface area contributed by atoms with Crippen LogP contribution in [0.15, 0.2) is 71.6 Å². The van der Waals surface area contributed by atoms with Crippen LogP contribution in [0, 0.1) is 0 Å². The van der Waals surface area contributed by atoms with Crippen molar-refractivity contribution in [3.63, 3.8) is 0 Å². The Balaban J connectivity index is 1.34. The van der Waals surface area contributed by atoms with Crippen LogP contribution in [0.3, 0.4) is 0 Å². The molecule has 1 aliphatic heterocycles. The van der Waals surface area contributed by atoms with E-state index < -0.39 is 10.0 Å². The number of nitrogens with one attached hydrogen (secondary N) is 2. The van der Waals surface area contributed by atoms with Gasteiger partial charge in [-0.3, -0.25) is 9.52 Å². The molecular weight excluding hydrogens is 508 g/mol. The first kappa shape index (κ1) is 25.0. The molecule has 5 rings (SSSR count). The van der Waals surface area contributed by atoms with Crippen LogP contribution >= 0.6 is 11.3 Å². The van der Waals surface area contributed by atoms with E-state index in [2.05, 4.69) is 19.9 Å². The monoisotopic (exact) mass is 536 g/mol. The number of fused-ring (bicyclic) bond motifs is 1. The number of thiazole rings is 1. The molecule has 10 heteroatoms. The average molecular weight is 537 g/mol. The SMILES string of the molecule is COc1ccc(NS(=O)(=O)c2cc(NC(=O)CCc3nc4ccccc4s3)ccc2N2CCCC2)cc1. The number of aryl methyl sites for hydroxylation is 1. The number of carbonyl (C=O) groups is 1. The summed E-state index contributed by atoms with van der Waals surface area (Å²) in [6, 6.07) is 19.7. The van der Waals surface area contributed by atoms with Crippen molar-refractivity contribution in [2.45, 2.75) is 30.6 Å². The van der Waals surface area contributed by atoms with Crippen LogP contribution < -0.4 is 19.7 Å². The minimum atomic E-state index is -3.92. The van der Waals surface area contributed by atoms with Crippen molar-refractivity contribution >= 4 is 54.5 Å². The van der Waals surface area contributed by atoms with Crippen LogP contribution in [0.5, 0.6) is 5.75 Å². The molecule has 8 nitrogen and oxygen atoms in total. The molecule has 2 heterocycles. The van der Waals surface area contributed by atoms with E-state index in [1.54, 1.807) is 54.8 Å². The largest absolute Gasteiger partial charge is 0.497 e. The molecule has 1 saturated heterocycles. The summed E-state index contributed by atoms with van der Waals surface area (Å²) in [6.45, 7) is 1.58. The summed E-state index contributed by atoms with van der Waals surface area (Å²) in [5.41, 5.74) is 2.43.